The van der Waals surface area contributed by atoms with Crippen LogP contribution in [0.25, 0.3) is 0 Å². The Morgan fingerprint density at radius 3 is 2.59 bits per heavy atom. The second kappa shape index (κ2) is 8.77. The van der Waals surface area contributed by atoms with Gasteiger partial charge in [-0.2, -0.15) is 0 Å². The molecule has 2 amide bonds. The molecule has 2 atom stereocenters. The number of aromatic nitrogens is 1. The lowest BCUT2D eigenvalue weighted by Gasteiger charge is -2.25. The van der Waals surface area contributed by atoms with Crippen LogP contribution in [0.5, 0.6) is 0 Å². The van der Waals surface area contributed by atoms with Crippen molar-refractivity contribution in [3.63, 3.8) is 0 Å². The summed E-state index contributed by atoms with van der Waals surface area (Å²) in [6.07, 6.45) is 6.04. The summed E-state index contributed by atoms with van der Waals surface area (Å²) in [7, 11) is 1.95. The molecule has 142 valence electrons. The molecule has 6 nitrogen and oxygen atoms in total. The van der Waals surface area contributed by atoms with E-state index in [1.54, 1.807) is 4.90 Å². The van der Waals surface area contributed by atoms with Crippen molar-refractivity contribution >= 4 is 11.8 Å². The maximum Gasteiger partial charge on any atom is 0.281 e. The van der Waals surface area contributed by atoms with E-state index in [0.717, 1.165) is 17.5 Å². The lowest BCUT2D eigenvalue weighted by molar-refractivity contribution is -0.671. The zero-order valence-electron chi connectivity index (χ0n) is 15.8. The normalized spacial score (nSPS) is 17.6. The molecule has 1 aromatic heterocycles. The zero-order chi connectivity index (χ0) is 19.2. The van der Waals surface area contributed by atoms with E-state index in [1.807, 2.05) is 66.5 Å². The maximum atomic E-state index is 12.9. The lowest BCUT2D eigenvalue weighted by Crippen LogP contribution is -2.69. The van der Waals surface area contributed by atoms with Crippen LogP contribution in [0.2, 0.25) is 0 Å². The molecule has 6 heteroatoms. The molecule has 4 N–H and O–H groups in total. The third-order valence-electron chi connectivity index (χ3n) is 5.03. The molecule has 3 rings (SSSR count). The van der Waals surface area contributed by atoms with Crippen molar-refractivity contribution in [3.05, 3.63) is 66.0 Å². The molecule has 0 aliphatic carbocycles. The third-order valence-corrected chi connectivity index (χ3v) is 5.03. The first-order chi connectivity index (χ1) is 13.0. The number of hydrogen-bond donors (Lipinski definition) is 2. The van der Waals surface area contributed by atoms with E-state index in [1.165, 1.54) is 0 Å². The number of hydrogen-bond acceptors (Lipinski definition) is 2. The van der Waals surface area contributed by atoms with Crippen molar-refractivity contribution in [2.45, 2.75) is 37.9 Å². The van der Waals surface area contributed by atoms with Crippen LogP contribution >= 0.6 is 0 Å². The van der Waals surface area contributed by atoms with Crippen LogP contribution < -0.4 is 15.6 Å². The summed E-state index contributed by atoms with van der Waals surface area (Å²) in [5, 5.41) is 2.97. The van der Waals surface area contributed by atoms with Gasteiger partial charge in [-0.15, -0.1) is 0 Å². The van der Waals surface area contributed by atoms with Crippen molar-refractivity contribution in [2.24, 2.45) is 7.05 Å². The van der Waals surface area contributed by atoms with Gasteiger partial charge in [0, 0.05) is 31.6 Å². The number of rotatable bonds is 6. The van der Waals surface area contributed by atoms with Crippen LogP contribution in [0.15, 0.2) is 54.9 Å². The number of pyridine rings is 1. The summed E-state index contributed by atoms with van der Waals surface area (Å²) in [5.74, 6) is -0.121. The van der Waals surface area contributed by atoms with Gasteiger partial charge in [0.1, 0.15) is 13.1 Å². The van der Waals surface area contributed by atoms with Crippen LogP contribution in [0.4, 0.5) is 0 Å². The second-order valence-corrected chi connectivity index (χ2v) is 7.17. The predicted octanol–water partition coefficient (Wildman–Crippen LogP) is -0.0285. The first kappa shape index (κ1) is 19.0. The first-order valence-corrected chi connectivity index (χ1v) is 9.44. The van der Waals surface area contributed by atoms with Crippen molar-refractivity contribution in [2.75, 3.05) is 6.54 Å². The highest BCUT2D eigenvalue weighted by Crippen LogP contribution is 2.19. The second-order valence-electron chi connectivity index (χ2n) is 7.17. The Balaban J connectivity index is 1.57. The molecule has 1 fully saturated rings. The Labute approximate surface area is 160 Å². The van der Waals surface area contributed by atoms with Gasteiger partial charge in [0.15, 0.2) is 18.4 Å². The van der Waals surface area contributed by atoms with E-state index >= 15 is 0 Å². The van der Waals surface area contributed by atoms with Crippen molar-refractivity contribution in [1.29, 1.82) is 0 Å². The largest absolute Gasteiger partial charge is 0.350 e. The summed E-state index contributed by atoms with van der Waals surface area (Å²) in [6, 6.07) is 13.1. The van der Waals surface area contributed by atoms with E-state index in [-0.39, 0.29) is 17.9 Å². The average molecular weight is 368 g/mol. The van der Waals surface area contributed by atoms with Gasteiger partial charge in [0.2, 0.25) is 5.91 Å². The van der Waals surface area contributed by atoms with Gasteiger partial charge < -0.3 is 16.0 Å². The quantitative estimate of drug-likeness (QED) is 0.702. The van der Waals surface area contributed by atoms with Gasteiger partial charge in [-0.05, 0) is 24.0 Å². The van der Waals surface area contributed by atoms with Gasteiger partial charge in [0.25, 0.3) is 5.91 Å². The Kier molecular flexibility index (Phi) is 6.19. The predicted molar refractivity (Wildman–Crippen MR) is 101 cm³/mol. The molecule has 0 spiro atoms. The maximum absolute atomic E-state index is 12.9. The van der Waals surface area contributed by atoms with Crippen molar-refractivity contribution in [3.8, 4) is 0 Å². The fourth-order valence-corrected chi connectivity index (χ4v) is 3.48. The molecule has 0 bridgehead atoms. The van der Waals surface area contributed by atoms with Gasteiger partial charge in [-0.1, -0.05) is 30.3 Å². The molecule has 0 unspecified atom stereocenters. The molecule has 2 aromatic rings. The number of quaternary nitrogens is 1. The number of likely N-dealkylation sites (tertiary alicyclic amines) is 1. The lowest BCUT2D eigenvalue weighted by atomic mass is 10.1. The summed E-state index contributed by atoms with van der Waals surface area (Å²) in [4.78, 5) is 27.2. The number of aryl methyl sites for hydroxylation is 1. The Morgan fingerprint density at radius 2 is 1.89 bits per heavy atom. The molecule has 27 heavy (non-hydrogen) atoms. The average Bonchev–Trinajstić information content (AvgIpc) is 3.17. The molecule has 1 aliphatic heterocycles. The first-order valence-electron chi connectivity index (χ1n) is 9.44. The standard InChI is InChI=1S/C21H26N4O2/c1-24-12-9-17(10-13-24)15-23-20(26)19-8-5-11-25(19)21(27)18(22)14-16-6-3-2-4-7-16/h2-4,6-7,9-10,12-13,18-19H,5,8,11,14-15,22H2,1H3/p+2/t18-,19+/m1/s1. The van der Waals surface area contributed by atoms with E-state index in [4.69, 9.17) is 0 Å². The highest BCUT2D eigenvalue weighted by Gasteiger charge is 2.37. The number of carbonyl (C=O) groups is 2. The molecule has 1 aliphatic rings. The van der Waals surface area contributed by atoms with E-state index < -0.39 is 6.04 Å². The monoisotopic (exact) mass is 368 g/mol. The van der Waals surface area contributed by atoms with Crippen molar-refractivity contribution in [1.82, 2.24) is 10.2 Å². The van der Waals surface area contributed by atoms with Crippen LogP contribution in [0.1, 0.15) is 24.0 Å². The van der Waals surface area contributed by atoms with Crippen LogP contribution in [0, 0.1) is 0 Å². The van der Waals surface area contributed by atoms with Gasteiger partial charge in [-0.3, -0.25) is 9.59 Å². The molecule has 1 aromatic carbocycles. The SMILES string of the molecule is C[n+]1ccc(CNC(=O)[C@@H]2CCCN2C(=O)[C@H]([NH3+])Cc2ccccc2)cc1. The van der Waals surface area contributed by atoms with E-state index in [9.17, 15) is 9.59 Å². The van der Waals surface area contributed by atoms with Gasteiger partial charge in [0.05, 0.1) is 0 Å². The van der Waals surface area contributed by atoms with Crippen LogP contribution in [-0.2, 0) is 29.6 Å². The fraction of sp³-hybridized carbons (Fsp3) is 0.381. The molecular weight excluding hydrogens is 340 g/mol. The number of nitrogens with zero attached hydrogens (tertiary/aromatic N) is 2. The highest BCUT2D eigenvalue weighted by atomic mass is 16.2. The molecule has 0 saturated carbocycles. The topological polar surface area (TPSA) is 80.9 Å². The number of benzene rings is 1. The summed E-state index contributed by atoms with van der Waals surface area (Å²) in [6.45, 7) is 1.09. The minimum atomic E-state index is -0.391. The van der Waals surface area contributed by atoms with Crippen LogP contribution in [-0.4, -0.2) is 35.3 Å². The highest BCUT2D eigenvalue weighted by molar-refractivity contribution is 5.89. The van der Waals surface area contributed by atoms with Crippen LogP contribution in [0.3, 0.4) is 0 Å². The molecule has 2 heterocycles. The molecule has 0 radical (unpaired) electrons. The number of amides is 2. The van der Waals surface area contributed by atoms with Crippen molar-refractivity contribution < 1.29 is 19.9 Å². The summed E-state index contributed by atoms with van der Waals surface area (Å²) < 4.78 is 1.95. The number of carbonyl (C=O) groups excluding carboxylic acids is 2. The van der Waals surface area contributed by atoms with Gasteiger partial charge in [-0.25, -0.2) is 4.57 Å². The van der Waals surface area contributed by atoms with E-state index in [0.29, 0.717) is 25.9 Å². The Hall–Kier alpha value is -2.73. The molecule has 1 saturated heterocycles. The number of nitrogens with one attached hydrogen (secondary N) is 1. The Bertz CT molecular complexity index is 777. The minimum Gasteiger partial charge on any atom is -0.350 e. The summed E-state index contributed by atoms with van der Waals surface area (Å²) in [5.41, 5.74) is 6.17. The molecular formula is C21H28N4O2+2. The smallest absolute Gasteiger partial charge is 0.281 e. The van der Waals surface area contributed by atoms with Gasteiger partial charge >= 0.3 is 0 Å². The Morgan fingerprint density at radius 1 is 1.19 bits per heavy atom. The zero-order valence-corrected chi connectivity index (χ0v) is 15.8. The fourth-order valence-electron chi connectivity index (χ4n) is 3.48. The summed E-state index contributed by atoms with van der Waals surface area (Å²) >= 11 is 0. The third kappa shape index (κ3) is 4.92. The van der Waals surface area contributed by atoms with E-state index in [2.05, 4.69) is 11.1 Å². The minimum absolute atomic E-state index is 0.0387.